The van der Waals surface area contributed by atoms with Gasteiger partial charge in [-0.05, 0) is 25.0 Å². The lowest BCUT2D eigenvalue weighted by Gasteiger charge is -2.01. The molecule has 0 amide bonds. The molecule has 0 radical (unpaired) electrons. The van der Waals surface area contributed by atoms with E-state index in [0.29, 0.717) is 0 Å². The van der Waals surface area contributed by atoms with Crippen LogP contribution < -0.4 is 0 Å². The van der Waals surface area contributed by atoms with Gasteiger partial charge in [0, 0.05) is 5.39 Å². The number of hydrogen-bond donors (Lipinski definition) is 1. The Morgan fingerprint density at radius 2 is 2.38 bits per heavy atom. The molecule has 0 saturated carbocycles. The van der Waals surface area contributed by atoms with Crippen LogP contribution in [0.1, 0.15) is 12.5 Å². The van der Waals surface area contributed by atoms with Crippen molar-refractivity contribution in [3.05, 3.63) is 42.1 Å². The second-order valence-electron chi connectivity index (χ2n) is 3.38. The van der Waals surface area contributed by atoms with Crippen LogP contribution in [0.25, 0.3) is 10.9 Å². The fourth-order valence-electron chi connectivity index (χ4n) is 1.51. The molecular weight excluding hydrogens is 160 g/mol. The first-order valence-electron chi connectivity index (χ1n) is 4.33. The Balaban J connectivity index is 2.54. The van der Waals surface area contributed by atoms with E-state index < -0.39 is 0 Å². The molecule has 1 N–H and O–H groups in total. The maximum Gasteiger partial charge on any atom is 0.0653 e. The van der Waals surface area contributed by atoms with Gasteiger partial charge in [-0.25, -0.2) is 0 Å². The number of fused-ring (bicyclic) bond motifs is 1. The summed E-state index contributed by atoms with van der Waals surface area (Å²) in [6.07, 6.45) is 2.80. The molecule has 1 heterocycles. The summed E-state index contributed by atoms with van der Waals surface area (Å²) in [6.45, 7) is 5.95. The van der Waals surface area contributed by atoms with Gasteiger partial charge in [-0.3, -0.25) is 5.10 Å². The van der Waals surface area contributed by atoms with Gasteiger partial charge >= 0.3 is 0 Å². The first-order chi connectivity index (χ1) is 6.27. The van der Waals surface area contributed by atoms with Crippen molar-refractivity contribution in [1.29, 1.82) is 0 Å². The Morgan fingerprint density at radius 1 is 1.54 bits per heavy atom. The Kier molecular flexibility index (Phi) is 1.89. The maximum atomic E-state index is 4.01. The van der Waals surface area contributed by atoms with Gasteiger partial charge in [0.25, 0.3) is 0 Å². The molecule has 0 aliphatic carbocycles. The summed E-state index contributed by atoms with van der Waals surface area (Å²) in [4.78, 5) is 0. The van der Waals surface area contributed by atoms with E-state index >= 15 is 0 Å². The molecule has 0 unspecified atom stereocenters. The van der Waals surface area contributed by atoms with Crippen LogP contribution in [0.4, 0.5) is 0 Å². The quantitative estimate of drug-likeness (QED) is 0.693. The zero-order valence-corrected chi connectivity index (χ0v) is 7.67. The van der Waals surface area contributed by atoms with Crippen molar-refractivity contribution < 1.29 is 0 Å². The summed E-state index contributed by atoms with van der Waals surface area (Å²) in [6, 6.07) is 6.19. The molecule has 66 valence electrons. The number of nitrogens with one attached hydrogen (secondary N) is 1. The number of rotatable bonds is 2. The molecule has 0 spiro atoms. The summed E-state index contributed by atoms with van der Waals surface area (Å²) in [7, 11) is 0. The van der Waals surface area contributed by atoms with Crippen LogP contribution in [0, 0.1) is 0 Å². The van der Waals surface area contributed by atoms with Gasteiger partial charge in [0.1, 0.15) is 0 Å². The van der Waals surface area contributed by atoms with Crippen molar-refractivity contribution in [2.24, 2.45) is 0 Å². The predicted molar refractivity (Wildman–Crippen MR) is 54.6 cm³/mol. The van der Waals surface area contributed by atoms with E-state index in [-0.39, 0.29) is 0 Å². The number of allylic oxidation sites excluding steroid dienone is 1. The normalized spacial score (nSPS) is 10.5. The van der Waals surface area contributed by atoms with Crippen LogP contribution in [0.15, 0.2) is 36.5 Å². The summed E-state index contributed by atoms with van der Waals surface area (Å²) in [5.74, 6) is 0. The Morgan fingerprint density at radius 3 is 3.15 bits per heavy atom. The Labute approximate surface area is 77.3 Å². The first kappa shape index (κ1) is 8.05. The minimum Gasteiger partial charge on any atom is -0.278 e. The van der Waals surface area contributed by atoms with Crippen molar-refractivity contribution >= 4 is 10.9 Å². The van der Waals surface area contributed by atoms with Crippen molar-refractivity contribution in [2.75, 3.05) is 0 Å². The van der Waals surface area contributed by atoms with E-state index in [2.05, 4.69) is 22.8 Å². The molecule has 1 aromatic heterocycles. The van der Waals surface area contributed by atoms with Gasteiger partial charge in [0.15, 0.2) is 0 Å². The molecule has 0 aliphatic heterocycles. The Bertz CT molecular complexity index is 440. The summed E-state index contributed by atoms with van der Waals surface area (Å²) >= 11 is 0. The number of nitrogens with zero attached hydrogens (tertiary/aromatic N) is 1. The number of benzene rings is 1. The van der Waals surface area contributed by atoms with Crippen LogP contribution in [0.2, 0.25) is 0 Å². The molecule has 0 bridgehead atoms. The molecule has 2 aromatic rings. The number of aromatic nitrogens is 2. The minimum absolute atomic E-state index is 0.927. The van der Waals surface area contributed by atoms with E-state index in [1.807, 2.05) is 25.3 Å². The van der Waals surface area contributed by atoms with Crippen LogP contribution in [0.5, 0.6) is 0 Å². The Hall–Kier alpha value is -1.57. The van der Waals surface area contributed by atoms with Gasteiger partial charge < -0.3 is 0 Å². The zero-order chi connectivity index (χ0) is 9.26. The molecule has 0 fully saturated rings. The van der Waals surface area contributed by atoms with Gasteiger partial charge in [-0.1, -0.05) is 24.3 Å². The first-order valence-corrected chi connectivity index (χ1v) is 4.33. The molecule has 2 heteroatoms. The van der Waals surface area contributed by atoms with Gasteiger partial charge in [-0.2, -0.15) is 5.10 Å². The highest BCUT2D eigenvalue weighted by molar-refractivity contribution is 5.81. The average Bonchev–Trinajstić information content (AvgIpc) is 2.51. The van der Waals surface area contributed by atoms with Gasteiger partial charge in [0.05, 0.1) is 11.7 Å². The van der Waals surface area contributed by atoms with Crippen LogP contribution in [-0.4, -0.2) is 10.2 Å². The van der Waals surface area contributed by atoms with Crippen molar-refractivity contribution in [2.45, 2.75) is 13.3 Å². The van der Waals surface area contributed by atoms with E-state index in [9.17, 15) is 0 Å². The van der Waals surface area contributed by atoms with Crippen molar-refractivity contribution in [1.82, 2.24) is 10.2 Å². The number of H-pyrrole nitrogens is 1. The maximum absolute atomic E-state index is 4.01. The smallest absolute Gasteiger partial charge is 0.0653 e. The topological polar surface area (TPSA) is 28.7 Å². The summed E-state index contributed by atoms with van der Waals surface area (Å²) in [5.41, 5.74) is 3.56. The third-order valence-corrected chi connectivity index (χ3v) is 2.07. The summed E-state index contributed by atoms with van der Waals surface area (Å²) in [5, 5.41) is 8.17. The molecule has 13 heavy (non-hydrogen) atoms. The second kappa shape index (κ2) is 3.05. The fraction of sp³-hybridized carbons (Fsp3) is 0.182. The van der Waals surface area contributed by atoms with Gasteiger partial charge in [0.2, 0.25) is 0 Å². The van der Waals surface area contributed by atoms with Crippen LogP contribution in [0.3, 0.4) is 0 Å². The van der Waals surface area contributed by atoms with Crippen molar-refractivity contribution in [3.63, 3.8) is 0 Å². The van der Waals surface area contributed by atoms with Gasteiger partial charge in [-0.15, -0.1) is 0 Å². The third kappa shape index (κ3) is 1.47. The van der Waals surface area contributed by atoms with E-state index in [4.69, 9.17) is 0 Å². The molecule has 0 saturated heterocycles. The molecule has 0 atom stereocenters. The van der Waals surface area contributed by atoms with Crippen molar-refractivity contribution in [3.8, 4) is 0 Å². The SMILES string of the molecule is C=C(C)Cc1cccc2[nH]ncc12. The fourth-order valence-corrected chi connectivity index (χ4v) is 1.51. The lowest BCUT2D eigenvalue weighted by Crippen LogP contribution is -1.85. The highest BCUT2D eigenvalue weighted by Gasteiger charge is 2.01. The van der Waals surface area contributed by atoms with E-state index in [1.165, 1.54) is 16.5 Å². The molecule has 2 rings (SSSR count). The largest absolute Gasteiger partial charge is 0.278 e. The minimum atomic E-state index is 0.927. The lowest BCUT2D eigenvalue weighted by molar-refractivity contribution is 1.12. The third-order valence-electron chi connectivity index (χ3n) is 2.07. The highest BCUT2D eigenvalue weighted by atomic mass is 15.1. The predicted octanol–water partition coefficient (Wildman–Crippen LogP) is 2.68. The summed E-state index contributed by atoms with van der Waals surface area (Å²) < 4.78 is 0. The second-order valence-corrected chi connectivity index (χ2v) is 3.38. The number of hydrogen-bond acceptors (Lipinski definition) is 1. The van der Waals surface area contributed by atoms with Crippen LogP contribution >= 0.6 is 0 Å². The molecular formula is C11H12N2. The molecule has 2 nitrogen and oxygen atoms in total. The van der Waals surface area contributed by atoms with E-state index in [0.717, 1.165) is 11.9 Å². The standard InChI is InChI=1S/C11H12N2/c1-8(2)6-9-4-3-5-11-10(9)7-12-13-11/h3-5,7H,1,6H2,2H3,(H,12,13). The van der Waals surface area contributed by atoms with Crippen LogP contribution in [-0.2, 0) is 6.42 Å². The monoisotopic (exact) mass is 172 g/mol. The molecule has 1 aromatic carbocycles. The zero-order valence-electron chi connectivity index (χ0n) is 7.67. The van der Waals surface area contributed by atoms with E-state index in [1.54, 1.807) is 0 Å². The lowest BCUT2D eigenvalue weighted by atomic mass is 10.0. The average molecular weight is 172 g/mol. The highest BCUT2D eigenvalue weighted by Crippen LogP contribution is 2.18. The number of aromatic amines is 1. The molecule has 0 aliphatic rings.